The maximum atomic E-state index is 14.4. The lowest BCUT2D eigenvalue weighted by atomic mass is 10.0. The Morgan fingerprint density at radius 3 is 2.88 bits per heavy atom. The van der Waals surface area contributed by atoms with Gasteiger partial charge in [-0.25, -0.2) is 9.18 Å². The van der Waals surface area contributed by atoms with E-state index in [1.165, 1.54) is 11.0 Å². The summed E-state index contributed by atoms with van der Waals surface area (Å²) in [6.45, 7) is 5.80. The summed E-state index contributed by atoms with van der Waals surface area (Å²) < 4.78 is 25.6. The molecule has 1 N–H and O–H groups in total. The summed E-state index contributed by atoms with van der Waals surface area (Å²) in [5.74, 6) is 0.458. The molecule has 0 bridgehead atoms. The number of hydrogen-bond acceptors (Lipinski definition) is 5. The number of likely N-dealkylation sites (N-methyl/N-ethyl adjacent to an activating group) is 1. The first-order valence-electron chi connectivity index (χ1n) is 11.1. The highest BCUT2D eigenvalue weighted by molar-refractivity contribution is 6.01. The number of amides is 2. The molecule has 3 heterocycles. The van der Waals surface area contributed by atoms with Crippen LogP contribution in [0.15, 0.2) is 42.5 Å². The number of rotatable bonds is 6. The molecule has 3 aliphatic heterocycles. The third-order valence-corrected chi connectivity index (χ3v) is 6.41. The predicted octanol–water partition coefficient (Wildman–Crippen LogP) is 3.34. The maximum Gasteiger partial charge on any atom is 0.414 e. The highest BCUT2D eigenvalue weighted by atomic mass is 19.1. The van der Waals surface area contributed by atoms with Crippen molar-refractivity contribution in [1.82, 2.24) is 5.32 Å². The van der Waals surface area contributed by atoms with E-state index >= 15 is 0 Å². The summed E-state index contributed by atoms with van der Waals surface area (Å²) >= 11 is 0. The zero-order chi connectivity index (χ0) is 23.1. The molecule has 0 aliphatic carbocycles. The molecule has 5 rings (SSSR count). The number of cyclic esters (lactones) is 1. The Morgan fingerprint density at radius 1 is 1.18 bits per heavy atom. The fourth-order valence-corrected chi connectivity index (χ4v) is 4.67. The molecule has 0 saturated carbocycles. The Balaban J connectivity index is 1.18. The fourth-order valence-electron chi connectivity index (χ4n) is 4.67. The van der Waals surface area contributed by atoms with Gasteiger partial charge in [-0.3, -0.25) is 9.69 Å². The molecule has 3 aliphatic rings. The molecule has 0 spiro atoms. The quantitative estimate of drug-likeness (QED) is 0.539. The SMILES string of the molecule is C=C1COc2ccc(N3CC(CCNCc4c(F)ccc5c4N(C)C(=O)C5)OC3=O)cc2C1. The Morgan fingerprint density at radius 2 is 2.03 bits per heavy atom. The van der Waals surface area contributed by atoms with Crippen molar-refractivity contribution in [3.8, 4) is 5.75 Å². The minimum absolute atomic E-state index is 0.0344. The van der Waals surface area contributed by atoms with E-state index in [1.54, 1.807) is 18.0 Å². The van der Waals surface area contributed by atoms with Crippen LogP contribution in [0, 0.1) is 5.82 Å². The lowest BCUT2D eigenvalue weighted by molar-refractivity contribution is -0.117. The van der Waals surface area contributed by atoms with Gasteiger partial charge in [0, 0.05) is 36.8 Å². The highest BCUT2D eigenvalue weighted by Crippen LogP contribution is 2.34. The van der Waals surface area contributed by atoms with Crippen LogP contribution in [-0.4, -0.2) is 44.8 Å². The monoisotopic (exact) mass is 451 g/mol. The second-order valence-electron chi connectivity index (χ2n) is 8.75. The molecule has 2 amide bonds. The van der Waals surface area contributed by atoms with Crippen molar-refractivity contribution in [2.24, 2.45) is 0 Å². The number of carbonyl (C=O) groups is 2. The van der Waals surface area contributed by atoms with E-state index in [1.807, 2.05) is 18.2 Å². The number of carbonyl (C=O) groups excluding carboxylic acids is 2. The van der Waals surface area contributed by atoms with E-state index in [9.17, 15) is 14.0 Å². The van der Waals surface area contributed by atoms with Crippen molar-refractivity contribution >= 4 is 23.4 Å². The van der Waals surface area contributed by atoms with Crippen molar-refractivity contribution < 1.29 is 23.5 Å². The summed E-state index contributed by atoms with van der Waals surface area (Å²) in [7, 11) is 1.67. The third kappa shape index (κ3) is 4.06. The van der Waals surface area contributed by atoms with E-state index in [0.717, 1.165) is 34.6 Å². The first-order valence-corrected chi connectivity index (χ1v) is 11.1. The number of anilines is 2. The number of ether oxygens (including phenoxy) is 2. The van der Waals surface area contributed by atoms with E-state index in [2.05, 4.69) is 11.9 Å². The Kier molecular flexibility index (Phi) is 5.54. The molecule has 0 radical (unpaired) electrons. The molecule has 172 valence electrons. The summed E-state index contributed by atoms with van der Waals surface area (Å²) in [5, 5.41) is 3.24. The standard InChI is InChI=1S/C25H26FN3O4/c1-15-9-17-10-18(4-6-22(17)32-14-15)29-13-19(33-25(29)31)7-8-27-12-20-21(26)5-3-16-11-23(30)28(2)24(16)20/h3-6,10,19,27H,1,7-9,11-14H2,2H3. The molecular formula is C25H26FN3O4. The summed E-state index contributed by atoms with van der Waals surface area (Å²) in [5.41, 5.74) is 4.79. The zero-order valence-corrected chi connectivity index (χ0v) is 18.5. The van der Waals surface area contributed by atoms with Gasteiger partial charge in [-0.1, -0.05) is 12.6 Å². The topological polar surface area (TPSA) is 71.1 Å². The van der Waals surface area contributed by atoms with Gasteiger partial charge in [-0.15, -0.1) is 0 Å². The van der Waals surface area contributed by atoms with Crippen LogP contribution >= 0.6 is 0 Å². The van der Waals surface area contributed by atoms with Crippen LogP contribution in [0.3, 0.4) is 0 Å². The van der Waals surface area contributed by atoms with Gasteiger partial charge in [0.2, 0.25) is 5.91 Å². The van der Waals surface area contributed by atoms with Gasteiger partial charge < -0.3 is 19.7 Å². The number of hydrogen-bond donors (Lipinski definition) is 1. The van der Waals surface area contributed by atoms with Crippen LogP contribution in [0.4, 0.5) is 20.6 Å². The molecule has 7 nitrogen and oxygen atoms in total. The zero-order valence-electron chi connectivity index (χ0n) is 18.5. The smallest absolute Gasteiger partial charge is 0.414 e. The minimum Gasteiger partial charge on any atom is -0.489 e. The maximum absolute atomic E-state index is 14.4. The highest BCUT2D eigenvalue weighted by Gasteiger charge is 2.33. The van der Waals surface area contributed by atoms with Gasteiger partial charge in [0.15, 0.2) is 0 Å². The van der Waals surface area contributed by atoms with Crippen LogP contribution in [0.2, 0.25) is 0 Å². The molecule has 1 fully saturated rings. The molecule has 2 aromatic carbocycles. The van der Waals surface area contributed by atoms with E-state index in [0.29, 0.717) is 50.3 Å². The van der Waals surface area contributed by atoms with Crippen molar-refractivity contribution in [2.45, 2.75) is 31.9 Å². The largest absolute Gasteiger partial charge is 0.489 e. The van der Waals surface area contributed by atoms with Crippen molar-refractivity contribution in [3.63, 3.8) is 0 Å². The lowest BCUT2D eigenvalue weighted by Crippen LogP contribution is -2.27. The number of benzene rings is 2. The first kappa shape index (κ1) is 21.5. The summed E-state index contributed by atoms with van der Waals surface area (Å²) in [4.78, 5) is 27.6. The Bertz CT molecular complexity index is 1150. The van der Waals surface area contributed by atoms with Crippen molar-refractivity contribution in [3.05, 3.63) is 65.0 Å². The average molecular weight is 451 g/mol. The van der Waals surface area contributed by atoms with Gasteiger partial charge in [0.1, 0.15) is 24.3 Å². The van der Waals surface area contributed by atoms with E-state index in [-0.39, 0.29) is 23.9 Å². The first-order chi connectivity index (χ1) is 15.9. The number of halogens is 1. The summed E-state index contributed by atoms with van der Waals surface area (Å²) in [6.07, 6.45) is 0.999. The average Bonchev–Trinajstić information content (AvgIpc) is 3.31. The third-order valence-electron chi connectivity index (χ3n) is 6.41. The lowest BCUT2D eigenvalue weighted by Gasteiger charge is -2.21. The van der Waals surface area contributed by atoms with Gasteiger partial charge in [-0.2, -0.15) is 0 Å². The molecular weight excluding hydrogens is 425 g/mol. The normalized spacial score (nSPS) is 19.5. The molecule has 8 heteroatoms. The molecule has 2 aromatic rings. The number of nitrogens with zero attached hydrogens (tertiary/aromatic N) is 2. The minimum atomic E-state index is -0.373. The molecule has 1 unspecified atom stereocenters. The van der Waals surface area contributed by atoms with Gasteiger partial charge >= 0.3 is 6.09 Å². The van der Waals surface area contributed by atoms with E-state index < -0.39 is 0 Å². The fraction of sp³-hybridized carbons (Fsp3) is 0.360. The Labute approximate surface area is 191 Å². The Hall–Kier alpha value is -3.39. The number of fused-ring (bicyclic) bond motifs is 2. The second-order valence-corrected chi connectivity index (χ2v) is 8.75. The van der Waals surface area contributed by atoms with E-state index in [4.69, 9.17) is 9.47 Å². The van der Waals surface area contributed by atoms with Crippen LogP contribution < -0.4 is 19.9 Å². The number of nitrogens with one attached hydrogen (secondary N) is 1. The van der Waals surface area contributed by atoms with Gasteiger partial charge in [-0.05, 0) is 48.4 Å². The van der Waals surface area contributed by atoms with Gasteiger partial charge in [0.05, 0.1) is 18.7 Å². The molecule has 1 saturated heterocycles. The molecule has 0 aromatic heterocycles. The van der Waals surface area contributed by atoms with Gasteiger partial charge in [0.25, 0.3) is 0 Å². The van der Waals surface area contributed by atoms with Crippen LogP contribution in [0.1, 0.15) is 23.1 Å². The second kappa shape index (κ2) is 8.51. The summed E-state index contributed by atoms with van der Waals surface area (Å²) in [6, 6.07) is 8.79. The van der Waals surface area contributed by atoms with Crippen LogP contribution in [-0.2, 0) is 28.9 Å². The predicted molar refractivity (Wildman–Crippen MR) is 122 cm³/mol. The van der Waals surface area contributed by atoms with Crippen LogP contribution in [0.25, 0.3) is 0 Å². The van der Waals surface area contributed by atoms with Crippen molar-refractivity contribution in [2.75, 3.05) is 36.5 Å². The molecule has 1 atom stereocenters. The van der Waals surface area contributed by atoms with Crippen LogP contribution in [0.5, 0.6) is 5.75 Å². The van der Waals surface area contributed by atoms with Crippen molar-refractivity contribution in [1.29, 1.82) is 0 Å². The molecule has 33 heavy (non-hydrogen) atoms.